The highest BCUT2D eigenvalue weighted by Crippen LogP contribution is 2.16. The Labute approximate surface area is 163 Å². The van der Waals surface area contributed by atoms with Crippen molar-refractivity contribution in [2.24, 2.45) is 4.99 Å². The largest absolute Gasteiger partial charge is 0.357 e. The van der Waals surface area contributed by atoms with Gasteiger partial charge in [-0.2, -0.15) is 0 Å². The van der Waals surface area contributed by atoms with E-state index in [1.165, 1.54) is 49.8 Å². The minimum atomic E-state index is 0.523. The smallest absolute Gasteiger partial charge is 0.191 e. The first-order valence-corrected chi connectivity index (χ1v) is 10.4. The lowest BCUT2D eigenvalue weighted by Crippen LogP contribution is -2.48. The Hall–Kier alpha value is -2.14. The molecular weight excluding hydrogens is 334 g/mol. The molecule has 0 unspecified atom stereocenters. The number of aliphatic imine (C=N–C) groups is 1. The molecule has 2 aromatic rings. The van der Waals surface area contributed by atoms with Crippen LogP contribution < -0.4 is 10.6 Å². The van der Waals surface area contributed by atoms with Crippen LogP contribution in [-0.2, 0) is 6.42 Å². The fourth-order valence-corrected chi connectivity index (χ4v) is 3.79. The molecule has 27 heavy (non-hydrogen) atoms. The van der Waals surface area contributed by atoms with Gasteiger partial charge in [0.15, 0.2) is 5.96 Å². The summed E-state index contributed by atoms with van der Waals surface area (Å²) in [6.45, 7) is 9.62. The van der Waals surface area contributed by atoms with Crippen molar-refractivity contribution < 1.29 is 0 Å². The summed E-state index contributed by atoms with van der Waals surface area (Å²) in [5.41, 5.74) is 2.36. The van der Waals surface area contributed by atoms with Crippen LogP contribution in [0.15, 0.2) is 41.5 Å². The van der Waals surface area contributed by atoms with Crippen LogP contribution in [-0.4, -0.2) is 54.6 Å². The molecule has 0 atom stereocenters. The molecule has 1 fully saturated rings. The molecule has 0 bridgehead atoms. The van der Waals surface area contributed by atoms with Crippen LogP contribution >= 0.6 is 0 Å². The number of hydrogen-bond acceptors (Lipinski definition) is 3. The van der Waals surface area contributed by atoms with E-state index in [0.717, 1.165) is 31.0 Å². The van der Waals surface area contributed by atoms with Crippen molar-refractivity contribution in [2.75, 3.05) is 32.7 Å². The summed E-state index contributed by atoms with van der Waals surface area (Å²) in [7, 11) is 0. The van der Waals surface area contributed by atoms with Crippen molar-refractivity contribution in [3.8, 4) is 0 Å². The van der Waals surface area contributed by atoms with Crippen LogP contribution in [0.2, 0.25) is 0 Å². The summed E-state index contributed by atoms with van der Waals surface area (Å²) in [6.07, 6.45) is 6.39. The monoisotopic (exact) mass is 367 g/mol. The zero-order chi connectivity index (χ0) is 18.9. The molecular formula is C22H33N5. The number of hydrogen-bond donors (Lipinski definition) is 2. The van der Waals surface area contributed by atoms with Crippen LogP contribution in [0.4, 0.5) is 0 Å². The number of aromatic nitrogens is 1. The third-order valence-corrected chi connectivity index (χ3v) is 5.18. The summed E-state index contributed by atoms with van der Waals surface area (Å²) in [5, 5.41) is 8.24. The van der Waals surface area contributed by atoms with Crippen LogP contribution in [0.3, 0.4) is 0 Å². The van der Waals surface area contributed by atoms with E-state index in [4.69, 9.17) is 4.99 Å². The van der Waals surface area contributed by atoms with Gasteiger partial charge in [0.05, 0.1) is 5.52 Å². The molecule has 1 aromatic carbocycles. The van der Waals surface area contributed by atoms with E-state index >= 15 is 0 Å². The number of rotatable bonds is 7. The molecule has 1 aliphatic rings. The van der Waals surface area contributed by atoms with Crippen molar-refractivity contribution in [3.63, 3.8) is 0 Å². The van der Waals surface area contributed by atoms with Gasteiger partial charge in [0, 0.05) is 43.8 Å². The average molecular weight is 368 g/mol. The molecule has 0 saturated carbocycles. The standard InChI is InChI=1S/C22H33N5/c1-3-15-27-16-11-20(12-17-27)26-22(23-4-2)25-14-10-19-8-5-7-18-9-6-13-24-21(18)19/h5-9,13,20H,3-4,10-12,14-17H2,1-2H3,(H2,23,25,26). The molecule has 1 aliphatic heterocycles. The fraction of sp³-hybridized carbons (Fsp3) is 0.545. The SMILES string of the molecule is CCCN1CCC(NC(=NCCc2cccc3cccnc23)NCC)CC1. The Kier molecular flexibility index (Phi) is 7.45. The summed E-state index contributed by atoms with van der Waals surface area (Å²) >= 11 is 0. The molecule has 0 radical (unpaired) electrons. The fourth-order valence-electron chi connectivity index (χ4n) is 3.79. The van der Waals surface area contributed by atoms with E-state index in [9.17, 15) is 0 Å². The molecule has 2 N–H and O–H groups in total. The predicted octanol–water partition coefficient (Wildman–Crippen LogP) is 3.21. The van der Waals surface area contributed by atoms with E-state index in [1.54, 1.807) is 0 Å². The summed E-state index contributed by atoms with van der Waals surface area (Å²) in [4.78, 5) is 11.9. The second-order valence-corrected chi connectivity index (χ2v) is 7.26. The van der Waals surface area contributed by atoms with Gasteiger partial charge in [-0.1, -0.05) is 31.2 Å². The Morgan fingerprint density at radius 2 is 2.00 bits per heavy atom. The first-order valence-electron chi connectivity index (χ1n) is 10.4. The molecule has 146 valence electrons. The summed E-state index contributed by atoms with van der Waals surface area (Å²) in [5.74, 6) is 0.944. The van der Waals surface area contributed by atoms with Crippen LogP contribution in [0.1, 0.15) is 38.7 Å². The lowest BCUT2D eigenvalue weighted by molar-refractivity contribution is 0.206. The molecule has 0 aliphatic carbocycles. The highest BCUT2D eigenvalue weighted by Gasteiger charge is 2.19. The maximum atomic E-state index is 4.82. The quantitative estimate of drug-likeness (QED) is 0.583. The number of likely N-dealkylation sites (tertiary alicyclic amines) is 1. The van der Waals surface area contributed by atoms with Crippen LogP contribution in [0.25, 0.3) is 10.9 Å². The highest BCUT2D eigenvalue weighted by molar-refractivity contribution is 5.82. The number of piperidine rings is 1. The third-order valence-electron chi connectivity index (χ3n) is 5.18. The number of para-hydroxylation sites is 1. The topological polar surface area (TPSA) is 52.5 Å². The van der Waals surface area contributed by atoms with Gasteiger partial charge in [0.2, 0.25) is 0 Å². The van der Waals surface area contributed by atoms with E-state index in [1.807, 2.05) is 12.3 Å². The molecule has 0 spiro atoms. The number of pyridine rings is 1. The molecule has 5 heteroatoms. The first-order chi connectivity index (χ1) is 13.3. The number of nitrogens with one attached hydrogen (secondary N) is 2. The van der Waals surface area contributed by atoms with Gasteiger partial charge in [-0.25, -0.2) is 0 Å². The Morgan fingerprint density at radius 1 is 1.19 bits per heavy atom. The van der Waals surface area contributed by atoms with Gasteiger partial charge in [0.25, 0.3) is 0 Å². The lowest BCUT2D eigenvalue weighted by Gasteiger charge is -2.32. The lowest BCUT2D eigenvalue weighted by atomic mass is 10.1. The Bertz CT molecular complexity index is 729. The second-order valence-electron chi connectivity index (χ2n) is 7.26. The number of nitrogens with zero attached hydrogens (tertiary/aromatic N) is 3. The van der Waals surface area contributed by atoms with Crippen molar-refractivity contribution >= 4 is 16.9 Å². The van der Waals surface area contributed by atoms with Crippen molar-refractivity contribution in [1.29, 1.82) is 0 Å². The van der Waals surface area contributed by atoms with E-state index in [2.05, 4.69) is 58.6 Å². The second kappa shape index (κ2) is 10.3. The van der Waals surface area contributed by atoms with Gasteiger partial charge in [-0.05, 0) is 50.8 Å². The van der Waals surface area contributed by atoms with Crippen molar-refractivity contribution in [3.05, 3.63) is 42.1 Å². The van der Waals surface area contributed by atoms with Gasteiger partial charge < -0.3 is 15.5 Å². The van der Waals surface area contributed by atoms with Gasteiger partial charge in [-0.3, -0.25) is 9.98 Å². The molecule has 1 aromatic heterocycles. The minimum Gasteiger partial charge on any atom is -0.357 e. The van der Waals surface area contributed by atoms with E-state index in [-0.39, 0.29) is 0 Å². The highest BCUT2D eigenvalue weighted by atomic mass is 15.2. The minimum absolute atomic E-state index is 0.523. The third kappa shape index (κ3) is 5.67. The van der Waals surface area contributed by atoms with Crippen LogP contribution in [0, 0.1) is 0 Å². The predicted molar refractivity (Wildman–Crippen MR) is 114 cm³/mol. The van der Waals surface area contributed by atoms with Crippen LogP contribution in [0.5, 0.6) is 0 Å². The van der Waals surface area contributed by atoms with Gasteiger partial charge in [-0.15, -0.1) is 0 Å². The maximum absolute atomic E-state index is 4.82. The number of fused-ring (bicyclic) bond motifs is 1. The van der Waals surface area contributed by atoms with Crippen molar-refractivity contribution in [1.82, 2.24) is 20.5 Å². The number of guanidine groups is 1. The summed E-state index contributed by atoms with van der Waals surface area (Å²) < 4.78 is 0. The van der Waals surface area contributed by atoms with Gasteiger partial charge >= 0.3 is 0 Å². The normalized spacial score (nSPS) is 16.6. The van der Waals surface area contributed by atoms with Gasteiger partial charge in [0.1, 0.15) is 0 Å². The molecule has 5 nitrogen and oxygen atoms in total. The zero-order valence-corrected chi connectivity index (χ0v) is 16.7. The average Bonchev–Trinajstić information content (AvgIpc) is 2.70. The first kappa shape index (κ1) is 19.6. The molecule has 0 amide bonds. The van der Waals surface area contributed by atoms with E-state index < -0.39 is 0 Å². The Balaban J connectivity index is 1.56. The van der Waals surface area contributed by atoms with E-state index in [0.29, 0.717) is 6.04 Å². The maximum Gasteiger partial charge on any atom is 0.191 e. The zero-order valence-electron chi connectivity index (χ0n) is 16.7. The molecule has 2 heterocycles. The molecule has 3 rings (SSSR count). The Morgan fingerprint density at radius 3 is 2.78 bits per heavy atom. The molecule has 1 saturated heterocycles. The van der Waals surface area contributed by atoms with Crippen molar-refractivity contribution in [2.45, 2.75) is 45.6 Å². The number of benzene rings is 1. The summed E-state index contributed by atoms with van der Waals surface area (Å²) in [6, 6.07) is 11.0.